The molecule has 0 N–H and O–H groups in total. The lowest BCUT2D eigenvalue weighted by Gasteiger charge is -2.32. The minimum atomic E-state index is 0.689. The molecule has 0 fully saturated rings. The highest BCUT2D eigenvalue weighted by atomic mass is 15.1. The van der Waals surface area contributed by atoms with E-state index in [0.717, 1.165) is 17.8 Å². The summed E-state index contributed by atoms with van der Waals surface area (Å²) in [5.41, 5.74) is 0. The standard InChI is InChI=1S/C13H29N/c1-8-10(2)9-11(3)12(4)13(5)14(6)7/h10-13H,8-9H2,1-7H3. The van der Waals surface area contributed by atoms with Gasteiger partial charge in [0.15, 0.2) is 0 Å². The van der Waals surface area contributed by atoms with Crippen molar-refractivity contribution in [3.63, 3.8) is 0 Å². The fourth-order valence-corrected chi connectivity index (χ4v) is 1.96. The van der Waals surface area contributed by atoms with E-state index in [1.165, 1.54) is 12.8 Å². The van der Waals surface area contributed by atoms with Crippen molar-refractivity contribution >= 4 is 0 Å². The van der Waals surface area contributed by atoms with Crippen LogP contribution in [0.4, 0.5) is 0 Å². The van der Waals surface area contributed by atoms with E-state index in [4.69, 9.17) is 0 Å². The molecule has 0 saturated carbocycles. The minimum Gasteiger partial charge on any atom is -0.306 e. The van der Waals surface area contributed by atoms with Crippen LogP contribution in [0.15, 0.2) is 0 Å². The van der Waals surface area contributed by atoms with E-state index >= 15 is 0 Å². The molecule has 1 nitrogen and oxygen atoms in total. The summed E-state index contributed by atoms with van der Waals surface area (Å²) in [6.45, 7) is 11.8. The van der Waals surface area contributed by atoms with Crippen LogP contribution in [0.25, 0.3) is 0 Å². The Kier molecular flexibility index (Phi) is 6.43. The summed E-state index contributed by atoms with van der Waals surface area (Å²) in [5.74, 6) is 2.50. The molecule has 0 aliphatic carbocycles. The Morgan fingerprint density at radius 2 is 1.50 bits per heavy atom. The molecular formula is C13H29N. The van der Waals surface area contributed by atoms with Gasteiger partial charge >= 0.3 is 0 Å². The van der Waals surface area contributed by atoms with E-state index < -0.39 is 0 Å². The molecule has 0 aliphatic rings. The van der Waals surface area contributed by atoms with Gasteiger partial charge in [-0.15, -0.1) is 0 Å². The number of hydrogen-bond acceptors (Lipinski definition) is 1. The third-order valence-electron chi connectivity index (χ3n) is 3.94. The second-order valence-corrected chi connectivity index (χ2v) is 5.29. The van der Waals surface area contributed by atoms with Gasteiger partial charge in [0.25, 0.3) is 0 Å². The van der Waals surface area contributed by atoms with Crippen LogP contribution in [0.2, 0.25) is 0 Å². The van der Waals surface area contributed by atoms with Crippen LogP contribution in [0.5, 0.6) is 0 Å². The second kappa shape index (κ2) is 6.44. The molecule has 0 aromatic rings. The molecular weight excluding hydrogens is 170 g/mol. The summed E-state index contributed by atoms with van der Waals surface area (Å²) >= 11 is 0. The predicted molar refractivity (Wildman–Crippen MR) is 65.5 cm³/mol. The molecule has 0 saturated heterocycles. The zero-order chi connectivity index (χ0) is 11.3. The molecule has 0 rings (SSSR count). The van der Waals surface area contributed by atoms with E-state index in [1.54, 1.807) is 0 Å². The predicted octanol–water partition coefficient (Wildman–Crippen LogP) is 3.64. The summed E-state index contributed by atoms with van der Waals surface area (Å²) < 4.78 is 0. The molecule has 0 radical (unpaired) electrons. The van der Waals surface area contributed by atoms with Crippen molar-refractivity contribution in [2.75, 3.05) is 14.1 Å². The molecule has 0 heterocycles. The zero-order valence-electron chi connectivity index (χ0n) is 11.2. The first-order valence-corrected chi connectivity index (χ1v) is 6.06. The summed E-state index contributed by atoms with van der Waals surface area (Å²) in [7, 11) is 4.36. The number of rotatable bonds is 6. The first-order valence-electron chi connectivity index (χ1n) is 6.06. The van der Waals surface area contributed by atoms with Gasteiger partial charge in [-0.1, -0.05) is 34.1 Å². The number of hydrogen-bond donors (Lipinski definition) is 0. The smallest absolute Gasteiger partial charge is 0.00890 e. The quantitative estimate of drug-likeness (QED) is 0.631. The molecule has 1 heteroatoms. The summed E-state index contributed by atoms with van der Waals surface area (Å²) in [6, 6.07) is 0.689. The van der Waals surface area contributed by atoms with Gasteiger partial charge < -0.3 is 4.90 Å². The van der Waals surface area contributed by atoms with Crippen molar-refractivity contribution in [1.29, 1.82) is 0 Å². The summed E-state index contributed by atoms with van der Waals surface area (Å²) in [4.78, 5) is 2.33. The minimum absolute atomic E-state index is 0.689. The third kappa shape index (κ3) is 4.45. The van der Waals surface area contributed by atoms with Gasteiger partial charge in [0, 0.05) is 6.04 Å². The lowest BCUT2D eigenvalue weighted by atomic mass is 9.82. The molecule has 86 valence electrons. The van der Waals surface area contributed by atoms with Crippen LogP contribution < -0.4 is 0 Å². The highest BCUT2D eigenvalue weighted by Crippen LogP contribution is 2.25. The van der Waals surface area contributed by atoms with Crippen LogP contribution in [0.1, 0.15) is 47.5 Å². The van der Waals surface area contributed by atoms with E-state index in [2.05, 4.69) is 53.6 Å². The summed E-state index contributed by atoms with van der Waals surface area (Å²) in [6.07, 6.45) is 2.68. The molecule has 0 aromatic carbocycles. The van der Waals surface area contributed by atoms with Gasteiger partial charge in [0.1, 0.15) is 0 Å². The third-order valence-corrected chi connectivity index (χ3v) is 3.94. The van der Waals surface area contributed by atoms with Crippen LogP contribution >= 0.6 is 0 Å². The molecule has 4 atom stereocenters. The Labute approximate surface area is 90.9 Å². The lowest BCUT2D eigenvalue weighted by Crippen LogP contribution is -2.34. The van der Waals surface area contributed by atoms with Crippen molar-refractivity contribution in [3.05, 3.63) is 0 Å². The fourth-order valence-electron chi connectivity index (χ4n) is 1.96. The largest absolute Gasteiger partial charge is 0.306 e. The molecule has 0 aromatic heterocycles. The van der Waals surface area contributed by atoms with Crippen LogP contribution in [0.3, 0.4) is 0 Å². The van der Waals surface area contributed by atoms with Crippen LogP contribution in [0, 0.1) is 17.8 Å². The van der Waals surface area contributed by atoms with Gasteiger partial charge in [-0.25, -0.2) is 0 Å². The van der Waals surface area contributed by atoms with Crippen molar-refractivity contribution in [3.8, 4) is 0 Å². The molecule has 0 amide bonds. The van der Waals surface area contributed by atoms with Gasteiger partial charge in [0.05, 0.1) is 0 Å². The normalized spacial score (nSPS) is 20.6. The fraction of sp³-hybridized carbons (Fsp3) is 1.00. The average Bonchev–Trinajstić information content (AvgIpc) is 2.14. The van der Waals surface area contributed by atoms with Gasteiger partial charge in [-0.2, -0.15) is 0 Å². The SMILES string of the molecule is CCC(C)CC(C)C(C)C(C)N(C)C. The van der Waals surface area contributed by atoms with E-state index in [0.29, 0.717) is 6.04 Å². The summed E-state index contributed by atoms with van der Waals surface area (Å²) in [5, 5.41) is 0. The van der Waals surface area contributed by atoms with Crippen molar-refractivity contribution < 1.29 is 0 Å². The van der Waals surface area contributed by atoms with E-state index in [-0.39, 0.29) is 0 Å². The Hall–Kier alpha value is -0.0400. The molecule has 14 heavy (non-hydrogen) atoms. The average molecular weight is 199 g/mol. The van der Waals surface area contributed by atoms with Crippen molar-refractivity contribution in [2.45, 2.75) is 53.5 Å². The second-order valence-electron chi connectivity index (χ2n) is 5.29. The monoisotopic (exact) mass is 199 g/mol. The van der Waals surface area contributed by atoms with Gasteiger partial charge in [0.2, 0.25) is 0 Å². The topological polar surface area (TPSA) is 3.24 Å². The first kappa shape index (κ1) is 14.0. The van der Waals surface area contributed by atoms with E-state index in [1.807, 2.05) is 0 Å². The lowest BCUT2D eigenvalue weighted by molar-refractivity contribution is 0.174. The van der Waals surface area contributed by atoms with Gasteiger partial charge in [-0.05, 0) is 45.2 Å². The Balaban J connectivity index is 4.04. The Bertz CT molecular complexity index is 142. The van der Waals surface area contributed by atoms with Gasteiger partial charge in [-0.3, -0.25) is 0 Å². The maximum atomic E-state index is 2.40. The highest BCUT2D eigenvalue weighted by Gasteiger charge is 2.21. The van der Waals surface area contributed by atoms with Crippen LogP contribution in [-0.2, 0) is 0 Å². The van der Waals surface area contributed by atoms with Crippen LogP contribution in [-0.4, -0.2) is 25.0 Å². The van der Waals surface area contributed by atoms with Crippen molar-refractivity contribution in [2.24, 2.45) is 17.8 Å². The van der Waals surface area contributed by atoms with Crippen molar-refractivity contribution in [1.82, 2.24) is 4.90 Å². The molecule has 4 unspecified atom stereocenters. The molecule has 0 bridgehead atoms. The van der Waals surface area contributed by atoms with E-state index in [9.17, 15) is 0 Å². The zero-order valence-corrected chi connectivity index (χ0v) is 11.2. The Morgan fingerprint density at radius 1 is 1.00 bits per heavy atom. The first-order chi connectivity index (χ1) is 6.40. The maximum Gasteiger partial charge on any atom is 0.00890 e. The molecule has 0 aliphatic heterocycles. The molecule has 0 spiro atoms. The Morgan fingerprint density at radius 3 is 1.86 bits per heavy atom. The number of nitrogens with zero attached hydrogens (tertiary/aromatic N) is 1. The maximum absolute atomic E-state index is 2.40. The highest BCUT2D eigenvalue weighted by molar-refractivity contribution is 4.74.